The van der Waals surface area contributed by atoms with E-state index in [0.29, 0.717) is 11.4 Å². The number of nitrogens with zero attached hydrogens (tertiary/aromatic N) is 1. The van der Waals surface area contributed by atoms with Gasteiger partial charge in [0.05, 0.1) is 6.04 Å². The molecule has 0 spiro atoms. The van der Waals surface area contributed by atoms with E-state index in [1.54, 1.807) is 0 Å². The summed E-state index contributed by atoms with van der Waals surface area (Å²) in [6.07, 6.45) is 0.463. The van der Waals surface area contributed by atoms with E-state index in [-0.39, 0.29) is 6.42 Å². The number of carbonyl (C=O) groups excluding carboxylic acids is 2. The summed E-state index contributed by atoms with van der Waals surface area (Å²) < 4.78 is 22.6. The monoisotopic (exact) mass is 237 g/mol. The fourth-order valence-electron chi connectivity index (χ4n) is 1.11. The number of nitrogens with two attached hydrogens (primary N) is 1. The zero-order chi connectivity index (χ0) is 11.4. The Kier molecular flexibility index (Phi) is 4.29. The summed E-state index contributed by atoms with van der Waals surface area (Å²) in [5.41, 5.74) is 7.69. The summed E-state index contributed by atoms with van der Waals surface area (Å²) in [4.78, 5) is 22.6. The van der Waals surface area contributed by atoms with E-state index in [0.717, 1.165) is 0 Å². The Balaban J connectivity index is 2.46. The second-order valence-corrected chi connectivity index (χ2v) is 3.52. The molecule has 0 bridgehead atoms. The Bertz CT molecular complexity index is 296. The Hall–Kier alpha value is -0.870. The second-order valence-electron chi connectivity index (χ2n) is 2.85. The fraction of sp³-hybridized carbons (Fsp3) is 0.667. The predicted octanol–water partition coefficient (Wildman–Crippen LogP) is -1.92. The van der Waals surface area contributed by atoms with Crippen molar-refractivity contribution < 1.29 is 22.5 Å². The molecular weight excluding hydrogens is 226 g/mol. The molecule has 0 radical (unpaired) electrons. The average molecular weight is 237 g/mol. The van der Waals surface area contributed by atoms with E-state index in [2.05, 4.69) is 9.61 Å². The van der Waals surface area contributed by atoms with Crippen molar-refractivity contribution in [1.82, 2.24) is 10.4 Å². The molecule has 2 unspecified atom stereocenters. The van der Waals surface area contributed by atoms with E-state index >= 15 is 0 Å². The summed E-state index contributed by atoms with van der Waals surface area (Å²) >= 11 is -2.44. The number of amides is 2. The van der Waals surface area contributed by atoms with Crippen molar-refractivity contribution in [3.63, 3.8) is 0 Å². The van der Waals surface area contributed by atoms with Crippen LogP contribution >= 0.6 is 0 Å². The molecule has 1 aliphatic heterocycles. The molecule has 9 heteroatoms. The zero-order valence-electron chi connectivity index (χ0n) is 7.71. The van der Waals surface area contributed by atoms with Crippen molar-refractivity contribution in [2.24, 2.45) is 5.73 Å². The number of imide groups is 1. The summed E-state index contributed by atoms with van der Waals surface area (Å²) in [6, 6.07) is -0.727. The number of hydrogen-bond acceptors (Lipinski definition) is 6. The van der Waals surface area contributed by atoms with Gasteiger partial charge in [-0.2, -0.15) is 9.63 Å². The van der Waals surface area contributed by atoms with Crippen molar-refractivity contribution in [1.29, 1.82) is 0 Å². The van der Waals surface area contributed by atoms with Gasteiger partial charge in [-0.1, -0.05) is 0 Å². The molecule has 2 amide bonds. The zero-order valence-corrected chi connectivity index (χ0v) is 8.53. The third-order valence-corrected chi connectivity index (χ3v) is 2.16. The van der Waals surface area contributed by atoms with Crippen LogP contribution in [-0.4, -0.2) is 38.4 Å². The highest BCUT2D eigenvalue weighted by atomic mass is 32.2. The lowest BCUT2D eigenvalue weighted by Gasteiger charge is -2.28. The van der Waals surface area contributed by atoms with Crippen molar-refractivity contribution in [2.75, 3.05) is 6.73 Å². The van der Waals surface area contributed by atoms with Crippen LogP contribution in [-0.2, 0) is 25.1 Å². The number of carbonyl (C=O) groups is 2. The summed E-state index contributed by atoms with van der Waals surface area (Å²) in [6.45, 7) is -0.423. The smallest absolute Gasteiger partial charge is 0.303 e. The Morgan fingerprint density at radius 1 is 1.67 bits per heavy atom. The lowest BCUT2D eigenvalue weighted by Crippen LogP contribution is -2.57. The van der Waals surface area contributed by atoms with Gasteiger partial charge >= 0.3 is 11.4 Å². The highest BCUT2D eigenvalue weighted by Gasteiger charge is 2.31. The topological polar surface area (TPSA) is 122 Å². The van der Waals surface area contributed by atoms with Crippen LogP contribution in [0.2, 0.25) is 0 Å². The molecule has 2 atom stereocenters. The summed E-state index contributed by atoms with van der Waals surface area (Å²) in [5.74, 6) is -1.01. The van der Waals surface area contributed by atoms with Crippen LogP contribution < -0.4 is 11.2 Å². The fourth-order valence-corrected chi connectivity index (χ4v) is 1.26. The average Bonchev–Trinajstić information content (AvgIpc) is 2.17. The molecule has 1 saturated heterocycles. The van der Waals surface area contributed by atoms with E-state index in [1.807, 2.05) is 0 Å². The van der Waals surface area contributed by atoms with Gasteiger partial charge in [0.15, 0.2) is 0 Å². The van der Waals surface area contributed by atoms with Crippen LogP contribution in [0.15, 0.2) is 0 Å². The molecule has 0 aliphatic carbocycles. The van der Waals surface area contributed by atoms with E-state index in [9.17, 15) is 13.8 Å². The molecule has 15 heavy (non-hydrogen) atoms. The number of hydrogen-bond donors (Lipinski definition) is 3. The van der Waals surface area contributed by atoms with Gasteiger partial charge in [-0.05, 0) is 6.42 Å². The minimum absolute atomic E-state index is 0.155. The van der Waals surface area contributed by atoms with Gasteiger partial charge in [-0.15, -0.1) is 0 Å². The molecule has 1 aliphatic rings. The lowest BCUT2D eigenvalue weighted by atomic mass is 10.1. The molecule has 1 fully saturated rings. The van der Waals surface area contributed by atoms with Crippen LogP contribution in [0, 0.1) is 0 Å². The van der Waals surface area contributed by atoms with Gasteiger partial charge in [-0.3, -0.25) is 18.3 Å². The Morgan fingerprint density at radius 2 is 2.33 bits per heavy atom. The van der Waals surface area contributed by atoms with Crippen LogP contribution in [0.5, 0.6) is 0 Å². The molecule has 0 aromatic rings. The maximum absolute atomic E-state index is 11.3. The Labute approximate surface area is 88.2 Å². The van der Waals surface area contributed by atoms with Crippen LogP contribution in [0.25, 0.3) is 0 Å². The minimum atomic E-state index is -2.44. The Morgan fingerprint density at radius 3 is 2.93 bits per heavy atom. The third kappa shape index (κ3) is 3.32. The second kappa shape index (κ2) is 5.28. The van der Waals surface area contributed by atoms with Crippen LogP contribution in [0.3, 0.4) is 0 Å². The standard InChI is InChI=1S/C6H11N3O5S/c7-4-1-2-5(10)9(6(4)11)8-3-14-15(12)13/h4,8H,1-3,7H2,(H,12,13). The van der Waals surface area contributed by atoms with Gasteiger partial charge in [0.25, 0.3) is 5.91 Å². The van der Waals surface area contributed by atoms with E-state index in [4.69, 9.17) is 10.3 Å². The van der Waals surface area contributed by atoms with Crippen molar-refractivity contribution in [3.8, 4) is 0 Å². The summed E-state index contributed by atoms with van der Waals surface area (Å²) in [7, 11) is 0. The molecule has 4 N–H and O–H groups in total. The third-order valence-electron chi connectivity index (χ3n) is 1.84. The minimum Gasteiger partial charge on any atom is -0.320 e. The molecule has 0 aromatic heterocycles. The first-order valence-electron chi connectivity index (χ1n) is 4.12. The van der Waals surface area contributed by atoms with Crippen molar-refractivity contribution in [3.05, 3.63) is 0 Å². The number of hydrazine groups is 1. The first-order chi connectivity index (χ1) is 7.02. The quantitative estimate of drug-likeness (QED) is 0.296. The molecule has 8 nitrogen and oxygen atoms in total. The predicted molar refractivity (Wildman–Crippen MR) is 48.9 cm³/mol. The lowest BCUT2D eigenvalue weighted by molar-refractivity contribution is -0.154. The first-order valence-corrected chi connectivity index (χ1v) is 5.15. The highest BCUT2D eigenvalue weighted by Crippen LogP contribution is 2.08. The molecule has 1 heterocycles. The number of piperidine rings is 1. The maximum atomic E-state index is 11.3. The van der Waals surface area contributed by atoms with Gasteiger partial charge < -0.3 is 5.73 Å². The maximum Gasteiger partial charge on any atom is 0.303 e. The molecule has 86 valence electrons. The van der Waals surface area contributed by atoms with Crippen molar-refractivity contribution in [2.45, 2.75) is 18.9 Å². The highest BCUT2D eigenvalue weighted by molar-refractivity contribution is 7.74. The van der Waals surface area contributed by atoms with E-state index in [1.165, 1.54) is 0 Å². The summed E-state index contributed by atoms with van der Waals surface area (Å²) in [5, 5.41) is 0.709. The first kappa shape index (κ1) is 12.2. The molecule has 1 rings (SSSR count). The van der Waals surface area contributed by atoms with Gasteiger partial charge in [-0.25, -0.2) is 5.01 Å². The van der Waals surface area contributed by atoms with E-state index < -0.39 is 35.9 Å². The van der Waals surface area contributed by atoms with Gasteiger partial charge in [0, 0.05) is 6.42 Å². The largest absolute Gasteiger partial charge is 0.320 e. The molecule has 0 aromatic carbocycles. The number of nitrogens with one attached hydrogen (secondary N) is 1. The van der Waals surface area contributed by atoms with Crippen molar-refractivity contribution >= 4 is 23.2 Å². The van der Waals surface area contributed by atoms with Crippen LogP contribution in [0.1, 0.15) is 12.8 Å². The molecule has 0 saturated carbocycles. The normalized spacial score (nSPS) is 24.4. The van der Waals surface area contributed by atoms with Crippen LogP contribution in [0.4, 0.5) is 0 Å². The number of rotatable bonds is 4. The van der Waals surface area contributed by atoms with Gasteiger partial charge in [0.1, 0.15) is 6.73 Å². The SMILES string of the molecule is NC1CCC(=O)N(NCOS(=O)O)C1=O. The van der Waals surface area contributed by atoms with Gasteiger partial charge in [0.2, 0.25) is 5.91 Å². The molecular formula is C6H11N3O5S.